The van der Waals surface area contributed by atoms with Crippen molar-refractivity contribution in [3.63, 3.8) is 0 Å². The first kappa shape index (κ1) is 33.6. The first-order valence-electron chi connectivity index (χ1n) is 15.1. The predicted octanol–water partition coefficient (Wildman–Crippen LogP) is 6.15. The lowest BCUT2D eigenvalue weighted by molar-refractivity contribution is 0.0587. The molecule has 46 heavy (non-hydrogen) atoms. The number of hydrogen-bond acceptors (Lipinski definition) is 8. The smallest absolute Gasteiger partial charge is 0.354 e. The number of hydrogen-bond donors (Lipinski definition) is 2. The normalized spacial score (nSPS) is 11.7. The number of phenols is 1. The molecule has 12 heteroatoms. The summed E-state index contributed by atoms with van der Waals surface area (Å²) >= 11 is 8.64. The molecule has 10 nitrogen and oxygen atoms in total. The Kier molecular flexibility index (Phi) is 10.2. The van der Waals surface area contributed by atoms with Gasteiger partial charge in [-0.15, -0.1) is 11.8 Å². The molecule has 0 radical (unpaired) electrons. The van der Waals surface area contributed by atoms with Gasteiger partial charge in [0.05, 0.1) is 18.5 Å². The monoisotopic (exact) mass is 664 g/mol. The van der Waals surface area contributed by atoms with E-state index in [9.17, 15) is 15.0 Å². The van der Waals surface area contributed by atoms with Gasteiger partial charge in [-0.05, 0) is 81.8 Å². The molecular weight excluding hydrogens is 624 g/mol. The first-order valence-corrected chi connectivity index (χ1v) is 16.5. The van der Waals surface area contributed by atoms with Crippen LogP contribution in [0.15, 0.2) is 41.3 Å². The average Bonchev–Trinajstić information content (AvgIpc) is 3.59. The maximum atomic E-state index is 13.0. The molecule has 0 aliphatic carbocycles. The number of methoxy groups -OCH3 is 1. The lowest BCUT2D eigenvalue weighted by Gasteiger charge is -2.16. The molecule has 3 heterocycles. The Hall–Kier alpha value is -3.77. The maximum Gasteiger partial charge on any atom is 0.354 e. The van der Waals surface area contributed by atoms with Crippen molar-refractivity contribution in [3.05, 3.63) is 81.0 Å². The number of aryl methyl sites for hydroxylation is 5. The lowest BCUT2D eigenvalue weighted by Crippen LogP contribution is -2.18. The number of aromatic nitrogens is 5. The zero-order chi connectivity index (χ0) is 33.3. The summed E-state index contributed by atoms with van der Waals surface area (Å²) in [6.45, 7) is 7.54. The molecule has 0 aliphatic rings. The fourth-order valence-electron chi connectivity index (χ4n) is 6.13. The summed E-state index contributed by atoms with van der Waals surface area (Å²) < 4.78 is 10.9. The fraction of sp³-hybridized carbons (Fsp3) is 0.382. The van der Waals surface area contributed by atoms with Gasteiger partial charge in [0.1, 0.15) is 11.4 Å². The number of ether oxygens (including phenoxy) is 1. The van der Waals surface area contributed by atoms with Gasteiger partial charge in [-0.2, -0.15) is 10.2 Å². The molecule has 0 amide bonds. The highest BCUT2D eigenvalue weighted by Crippen LogP contribution is 2.42. The summed E-state index contributed by atoms with van der Waals surface area (Å²) in [5.41, 5.74) is 8.73. The van der Waals surface area contributed by atoms with Gasteiger partial charge in [0.15, 0.2) is 0 Å². The first-order chi connectivity index (χ1) is 21.9. The molecule has 244 valence electrons. The van der Waals surface area contributed by atoms with Gasteiger partial charge >= 0.3 is 5.97 Å². The van der Waals surface area contributed by atoms with E-state index in [1.165, 1.54) is 7.11 Å². The van der Waals surface area contributed by atoms with Gasteiger partial charge < -0.3 is 19.5 Å². The van der Waals surface area contributed by atoms with Crippen LogP contribution in [-0.2, 0) is 44.2 Å². The van der Waals surface area contributed by atoms with Crippen molar-refractivity contribution in [2.75, 3.05) is 20.8 Å². The second-order valence-electron chi connectivity index (χ2n) is 11.8. The number of carbonyl (C=O) groups excluding carboxylic acids is 1. The Morgan fingerprint density at radius 3 is 2.50 bits per heavy atom. The van der Waals surface area contributed by atoms with E-state index in [-0.39, 0.29) is 12.4 Å². The summed E-state index contributed by atoms with van der Waals surface area (Å²) in [5.74, 6) is 0.573. The summed E-state index contributed by atoms with van der Waals surface area (Å²) in [6, 6.07) is 11.5. The maximum absolute atomic E-state index is 13.0. The van der Waals surface area contributed by atoms with Gasteiger partial charge in [0.2, 0.25) is 0 Å². The van der Waals surface area contributed by atoms with Crippen molar-refractivity contribution >= 4 is 40.2 Å². The minimum absolute atomic E-state index is 0.00581. The van der Waals surface area contributed by atoms with Gasteiger partial charge in [0.25, 0.3) is 0 Å². The topological polar surface area (TPSA) is 111 Å². The van der Waals surface area contributed by atoms with Crippen molar-refractivity contribution in [1.29, 1.82) is 0 Å². The van der Waals surface area contributed by atoms with E-state index in [1.807, 2.05) is 68.0 Å². The van der Waals surface area contributed by atoms with Crippen molar-refractivity contribution in [1.82, 2.24) is 29.0 Å². The predicted molar refractivity (Wildman–Crippen MR) is 182 cm³/mol. The third-order valence-corrected chi connectivity index (χ3v) is 9.62. The van der Waals surface area contributed by atoms with Crippen LogP contribution in [-0.4, -0.2) is 66.0 Å². The number of esters is 1. The number of nitrogens with zero attached hydrogens (tertiary/aromatic N) is 6. The number of phenolic OH excluding ortho intramolecular Hbond substituents is 1. The standard InChI is InChI=1S/C34H41ClN6O4S/c1-20-13-25(43)16-26(14-20)46-19-24-15-23(36-40(24)6)17-38(4)18-28-31(22(3)39(5)37-28)32-27(35)9-10-29-30(32)21(2)33(34(44)45-7)41(29)11-8-12-42/h9-10,13-16,42-43H,8,11-12,17-19H2,1-7H3. The highest BCUT2D eigenvalue weighted by atomic mass is 35.5. The molecule has 0 spiro atoms. The third kappa shape index (κ3) is 6.69. The number of benzene rings is 2. The van der Waals surface area contributed by atoms with Crippen LogP contribution >= 0.6 is 23.4 Å². The zero-order valence-corrected chi connectivity index (χ0v) is 29.0. The van der Waals surface area contributed by atoms with Crippen molar-refractivity contribution < 1.29 is 19.7 Å². The number of aliphatic hydroxyl groups is 1. The van der Waals surface area contributed by atoms with Crippen LogP contribution in [0, 0.1) is 20.8 Å². The van der Waals surface area contributed by atoms with E-state index >= 15 is 0 Å². The molecule has 5 rings (SSSR count). The Bertz CT molecular complexity index is 1890. The number of fused-ring (bicyclic) bond motifs is 1. The van der Waals surface area contributed by atoms with E-state index in [0.29, 0.717) is 36.8 Å². The molecule has 0 saturated carbocycles. The third-order valence-electron chi connectivity index (χ3n) is 8.30. The molecule has 3 aromatic heterocycles. The van der Waals surface area contributed by atoms with E-state index in [2.05, 4.69) is 17.0 Å². The number of rotatable bonds is 12. The van der Waals surface area contributed by atoms with Crippen LogP contribution in [0.5, 0.6) is 5.75 Å². The van der Waals surface area contributed by atoms with Crippen LogP contribution in [0.25, 0.3) is 22.0 Å². The van der Waals surface area contributed by atoms with Crippen LogP contribution in [0.3, 0.4) is 0 Å². The number of aliphatic hydroxyl groups excluding tert-OH is 1. The van der Waals surface area contributed by atoms with Gasteiger partial charge in [0, 0.05) is 89.4 Å². The van der Waals surface area contributed by atoms with E-state index < -0.39 is 5.97 Å². The van der Waals surface area contributed by atoms with Crippen LogP contribution in [0.1, 0.15) is 50.8 Å². The highest BCUT2D eigenvalue weighted by Gasteiger charge is 2.27. The summed E-state index contributed by atoms with van der Waals surface area (Å²) in [7, 11) is 7.29. The Balaban J connectivity index is 1.45. The van der Waals surface area contributed by atoms with Crippen molar-refractivity contribution in [2.45, 2.75) is 57.5 Å². The van der Waals surface area contributed by atoms with Crippen molar-refractivity contribution in [2.24, 2.45) is 14.1 Å². The second kappa shape index (κ2) is 13.9. The van der Waals surface area contributed by atoms with E-state index in [0.717, 1.165) is 66.6 Å². The second-order valence-corrected chi connectivity index (χ2v) is 13.2. The van der Waals surface area contributed by atoms with Crippen LogP contribution < -0.4 is 0 Å². The summed E-state index contributed by atoms with van der Waals surface area (Å²) in [4.78, 5) is 16.2. The molecule has 0 aliphatic heterocycles. The minimum atomic E-state index is -0.429. The Morgan fingerprint density at radius 1 is 1.04 bits per heavy atom. The number of thioether (sulfide) groups is 1. The van der Waals surface area contributed by atoms with Gasteiger partial charge in [-0.3, -0.25) is 14.3 Å². The minimum Gasteiger partial charge on any atom is -0.508 e. The number of carbonyl (C=O) groups is 1. The molecular formula is C34H41ClN6O4S. The summed E-state index contributed by atoms with van der Waals surface area (Å²) in [6.07, 6.45) is 0.497. The average molecular weight is 665 g/mol. The van der Waals surface area contributed by atoms with Gasteiger partial charge in [-0.1, -0.05) is 11.6 Å². The molecule has 0 unspecified atom stereocenters. The Morgan fingerprint density at radius 2 is 1.80 bits per heavy atom. The number of aromatic hydroxyl groups is 1. The zero-order valence-electron chi connectivity index (χ0n) is 27.4. The molecule has 0 atom stereocenters. The van der Waals surface area contributed by atoms with Gasteiger partial charge in [-0.25, -0.2) is 4.79 Å². The SMILES string of the molecule is COC(=O)c1c(C)c2c(-c3c(CN(C)Cc4cc(CSc5cc(C)cc(O)c5)n(C)n4)nn(C)c3C)c(Cl)ccc2n1CCCO. The number of halogens is 1. The molecule has 2 aromatic carbocycles. The molecule has 2 N–H and O–H groups in total. The van der Waals surface area contributed by atoms with Crippen molar-refractivity contribution in [3.8, 4) is 16.9 Å². The Labute approximate surface area is 278 Å². The van der Waals surface area contributed by atoms with E-state index in [1.54, 1.807) is 23.9 Å². The highest BCUT2D eigenvalue weighted by molar-refractivity contribution is 7.98. The summed E-state index contributed by atoms with van der Waals surface area (Å²) in [5, 5.41) is 30.7. The van der Waals surface area contributed by atoms with Crippen LogP contribution in [0.2, 0.25) is 5.02 Å². The van der Waals surface area contributed by atoms with Crippen LogP contribution in [0.4, 0.5) is 0 Å². The molecule has 0 saturated heterocycles. The fourth-order valence-corrected chi connectivity index (χ4v) is 7.44. The van der Waals surface area contributed by atoms with E-state index in [4.69, 9.17) is 26.5 Å². The quantitative estimate of drug-likeness (QED) is 0.121. The molecule has 0 fully saturated rings. The molecule has 5 aromatic rings. The molecule has 0 bridgehead atoms. The largest absolute Gasteiger partial charge is 0.508 e. The lowest BCUT2D eigenvalue weighted by atomic mass is 9.96.